The number of amides is 1. The SMILES string of the molecule is NC(=O)CN(Cc1ccccc1N)c1ncncc1Cl. The molecule has 2 aromatic rings. The van der Waals surface area contributed by atoms with Crippen LogP contribution in [0.4, 0.5) is 11.5 Å². The Morgan fingerprint density at radius 2 is 2.10 bits per heavy atom. The fraction of sp³-hybridized carbons (Fsp3) is 0.154. The Labute approximate surface area is 121 Å². The maximum Gasteiger partial charge on any atom is 0.237 e. The fourth-order valence-corrected chi connectivity index (χ4v) is 2.04. The lowest BCUT2D eigenvalue weighted by Gasteiger charge is -2.23. The van der Waals surface area contributed by atoms with Crippen molar-refractivity contribution < 1.29 is 4.79 Å². The van der Waals surface area contributed by atoms with Gasteiger partial charge in [0.15, 0.2) is 5.82 Å². The zero-order valence-electron chi connectivity index (χ0n) is 10.7. The largest absolute Gasteiger partial charge is 0.398 e. The van der Waals surface area contributed by atoms with Crippen molar-refractivity contribution in [3.63, 3.8) is 0 Å². The molecule has 104 valence electrons. The Morgan fingerprint density at radius 1 is 1.35 bits per heavy atom. The Morgan fingerprint density at radius 3 is 2.75 bits per heavy atom. The Bertz CT molecular complexity index is 619. The van der Waals surface area contributed by atoms with Crippen molar-refractivity contribution in [3.05, 3.63) is 47.4 Å². The Hall–Kier alpha value is -2.34. The van der Waals surface area contributed by atoms with Crippen molar-refractivity contribution in [3.8, 4) is 0 Å². The van der Waals surface area contributed by atoms with Gasteiger partial charge in [0, 0.05) is 12.2 Å². The van der Waals surface area contributed by atoms with E-state index in [4.69, 9.17) is 23.1 Å². The quantitative estimate of drug-likeness (QED) is 0.807. The number of halogens is 1. The van der Waals surface area contributed by atoms with Crippen LogP contribution in [0.5, 0.6) is 0 Å². The van der Waals surface area contributed by atoms with E-state index in [1.165, 1.54) is 12.5 Å². The number of aromatic nitrogens is 2. The molecular weight excluding hydrogens is 278 g/mol. The van der Waals surface area contributed by atoms with Gasteiger partial charge in [0.25, 0.3) is 0 Å². The summed E-state index contributed by atoms with van der Waals surface area (Å²) in [5.74, 6) is -0.0297. The summed E-state index contributed by atoms with van der Waals surface area (Å²) < 4.78 is 0. The molecule has 0 saturated heterocycles. The molecule has 0 atom stereocenters. The third-order valence-electron chi connectivity index (χ3n) is 2.71. The second-order valence-corrected chi connectivity index (χ2v) is 4.62. The van der Waals surface area contributed by atoms with Gasteiger partial charge in [-0.1, -0.05) is 29.8 Å². The minimum absolute atomic E-state index is 0.00886. The van der Waals surface area contributed by atoms with Gasteiger partial charge in [0.1, 0.15) is 11.3 Å². The summed E-state index contributed by atoms with van der Waals surface area (Å²) in [5.41, 5.74) is 12.7. The van der Waals surface area contributed by atoms with Crippen LogP contribution in [0.15, 0.2) is 36.8 Å². The topological polar surface area (TPSA) is 98.1 Å². The molecule has 1 amide bonds. The molecular formula is C13H14ClN5O. The number of rotatable bonds is 5. The summed E-state index contributed by atoms with van der Waals surface area (Å²) >= 11 is 6.06. The zero-order valence-corrected chi connectivity index (χ0v) is 11.4. The van der Waals surface area contributed by atoms with Crippen molar-refractivity contribution in [1.29, 1.82) is 0 Å². The second kappa shape index (κ2) is 6.21. The van der Waals surface area contributed by atoms with Crippen molar-refractivity contribution in [2.24, 2.45) is 5.73 Å². The number of hydrogen-bond donors (Lipinski definition) is 2. The maximum absolute atomic E-state index is 11.2. The lowest BCUT2D eigenvalue weighted by atomic mass is 10.1. The first kappa shape index (κ1) is 14.1. The maximum atomic E-state index is 11.2. The number of primary amides is 1. The normalized spacial score (nSPS) is 10.2. The summed E-state index contributed by atoms with van der Waals surface area (Å²) in [6.07, 6.45) is 2.83. The summed E-state index contributed by atoms with van der Waals surface area (Å²) in [6.45, 7) is 0.372. The highest BCUT2D eigenvalue weighted by Crippen LogP contribution is 2.24. The summed E-state index contributed by atoms with van der Waals surface area (Å²) in [5, 5.41) is 0.350. The summed E-state index contributed by atoms with van der Waals surface area (Å²) in [7, 11) is 0. The van der Waals surface area contributed by atoms with Gasteiger partial charge >= 0.3 is 0 Å². The third kappa shape index (κ3) is 3.36. The lowest BCUT2D eigenvalue weighted by molar-refractivity contribution is -0.116. The number of anilines is 2. The predicted molar refractivity (Wildman–Crippen MR) is 78.1 cm³/mol. The standard InChI is InChI=1S/C13H14ClN5O/c14-10-5-17-8-18-13(10)19(7-12(16)20)6-9-3-1-2-4-11(9)15/h1-5,8H,6-7,15H2,(H2,16,20). The van der Waals surface area contributed by atoms with Crippen LogP contribution in [0.2, 0.25) is 5.02 Å². The number of para-hydroxylation sites is 1. The van der Waals surface area contributed by atoms with Crippen LogP contribution in [0.1, 0.15) is 5.56 Å². The van der Waals surface area contributed by atoms with Crippen LogP contribution in [0.3, 0.4) is 0 Å². The molecule has 0 unspecified atom stereocenters. The van der Waals surface area contributed by atoms with E-state index in [2.05, 4.69) is 9.97 Å². The highest BCUT2D eigenvalue weighted by Gasteiger charge is 2.15. The molecule has 6 nitrogen and oxygen atoms in total. The molecule has 0 radical (unpaired) electrons. The molecule has 0 bridgehead atoms. The van der Waals surface area contributed by atoms with Gasteiger partial charge in [-0.15, -0.1) is 0 Å². The van der Waals surface area contributed by atoms with Crippen LogP contribution in [-0.4, -0.2) is 22.4 Å². The van der Waals surface area contributed by atoms with E-state index in [-0.39, 0.29) is 6.54 Å². The van der Waals surface area contributed by atoms with E-state index in [1.807, 2.05) is 18.2 Å². The fourth-order valence-electron chi connectivity index (χ4n) is 1.82. The van der Waals surface area contributed by atoms with Crippen molar-refractivity contribution in [2.75, 3.05) is 17.2 Å². The van der Waals surface area contributed by atoms with Crippen LogP contribution in [0.25, 0.3) is 0 Å². The predicted octanol–water partition coefficient (Wildman–Crippen LogP) is 1.20. The van der Waals surface area contributed by atoms with Gasteiger partial charge < -0.3 is 16.4 Å². The van der Waals surface area contributed by atoms with Crippen LogP contribution in [-0.2, 0) is 11.3 Å². The summed E-state index contributed by atoms with van der Waals surface area (Å²) in [4.78, 5) is 20.8. The van der Waals surface area contributed by atoms with Crippen LogP contribution in [0, 0.1) is 0 Å². The van der Waals surface area contributed by atoms with E-state index in [1.54, 1.807) is 11.0 Å². The van der Waals surface area contributed by atoms with Crippen LogP contribution >= 0.6 is 11.6 Å². The molecule has 0 fully saturated rings. The Kier molecular flexibility index (Phi) is 4.37. The number of benzene rings is 1. The smallest absolute Gasteiger partial charge is 0.237 e. The Balaban J connectivity index is 2.32. The average Bonchev–Trinajstić information content (AvgIpc) is 2.40. The average molecular weight is 292 g/mol. The summed E-state index contributed by atoms with van der Waals surface area (Å²) in [6, 6.07) is 7.38. The third-order valence-corrected chi connectivity index (χ3v) is 2.98. The van der Waals surface area contributed by atoms with E-state index in [9.17, 15) is 4.79 Å². The highest BCUT2D eigenvalue weighted by atomic mass is 35.5. The number of nitrogen functional groups attached to an aromatic ring is 1. The first-order valence-electron chi connectivity index (χ1n) is 5.90. The van der Waals surface area contributed by atoms with E-state index in [0.29, 0.717) is 23.1 Å². The lowest BCUT2D eigenvalue weighted by Crippen LogP contribution is -2.34. The van der Waals surface area contributed by atoms with E-state index >= 15 is 0 Å². The van der Waals surface area contributed by atoms with Crippen molar-refractivity contribution in [1.82, 2.24) is 9.97 Å². The molecule has 1 heterocycles. The molecule has 0 aliphatic heterocycles. The van der Waals surface area contributed by atoms with E-state index < -0.39 is 5.91 Å². The van der Waals surface area contributed by atoms with Crippen molar-refractivity contribution >= 4 is 29.0 Å². The molecule has 20 heavy (non-hydrogen) atoms. The number of nitrogens with two attached hydrogens (primary N) is 2. The molecule has 1 aromatic carbocycles. The van der Waals surface area contributed by atoms with E-state index in [0.717, 1.165) is 5.56 Å². The molecule has 0 aliphatic rings. The van der Waals surface area contributed by atoms with Gasteiger partial charge in [0.2, 0.25) is 5.91 Å². The van der Waals surface area contributed by atoms with Gasteiger partial charge in [-0.3, -0.25) is 4.79 Å². The second-order valence-electron chi connectivity index (χ2n) is 4.22. The molecule has 0 saturated carbocycles. The number of carbonyl (C=O) groups excluding carboxylic acids is 1. The first-order chi connectivity index (χ1) is 9.58. The van der Waals surface area contributed by atoms with Crippen molar-refractivity contribution in [2.45, 2.75) is 6.54 Å². The molecule has 0 spiro atoms. The van der Waals surface area contributed by atoms with Gasteiger partial charge in [-0.25, -0.2) is 9.97 Å². The molecule has 2 rings (SSSR count). The first-order valence-corrected chi connectivity index (χ1v) is 6.28. The molecule has 0 aliphatic carbocycles. The number of hydrogen-bond acceptors (Lipinski definition) is 5. The minimum atomic E-state index is -0.478. The number of carbonyl (C=O) groups is 1. The number of nitrogens with zero attached hydrogens (tertiary/aromatic N) is 3. The highest BCUT2D eigenvalue weighted by molar-refractivity contribution is 6.32. The monoisotopic (exact) mass is 291 g/mol. The van der Waals surface area contributed by atoms with Gasteiger partial charge in [-0.2, -0.15) is 0 Å². The molecule has 1 aromatic heterocycles. The van der Waals surface area contributed by atoms with Crippen LogP contribution < -0.4 is 16.4 Å². The van der Waals surface area contributed by atoms with Gasteiger partial charge in [0.05, 0.1) is 12.7 Å². The molecule has 4 N–H and O–H groups in total. The van der Waals surface area contributed by atoms with Gasteiger partial charge in [-0.05, 0) is 11.6 Å². The zero-order chi connectivity index (χ0) is 14.5. The molecule has 7 heteroatoms. The minimum Gasteiger partial charge on any atom is -0.398 e.